The molecule has 0 aliphatic carbocycles. The third kappa shape index (κ3) is 5.79. The van der Waals surface area contributed by atoms with Crippen LogP contribution in [-0.2, 0) is 17.8 Å². The first-order valence-corrected chi connectivity index (χ1v) is 8.23. The standard InChI is InChI=1S/C14H23N3O3S/c1-4-12-11(7-16-17(12)8-10(2)3)14(20)15-5-6-21-9-13(18)19/h7,10H,4-6,8-9H2,1-3H3,(H,15,20)(H,18,19). The lowest BCUT2D eigenvalue weighted by molar-refractivity contribution is -0.133. The van der Waals surface area contributed by atoms with Crippen molar-refractivity contribution in [1.29, 1.82) is 0 Å². The lowest BCUT2D eigenvalue weighted by atomic mass is 10.1. The van der Waals surface area contributed by atoms with E-state index in [1.807, 2.05) is 11.6 Å². The third-order valence-corrected chi connectivity index (χ3v) is 3.77. The van der Waals surface area contributed by atoms with Crippen molar-refractivity contribution in [3.05, 3.63) is 17.5 Å². The van der Waals surface area contributed by atoms with Crippen molar-refractivity contribution >= 4 is 23.6 Å². The Morgan fingerprint density at radius 2 is 2.19 bits per heavy atom. The number of rotatable bonds is 9. The van der Waals surface area contributed by atoms with Crippen molar-refractivity contribution in [2.24, 2.45) is 5.92 Å². The van der Waals surface area contributed by atoms with Gasteiger partial charge in [-0.2, -0.15) is 5.10 Å². The molecule has 0 aliphatic heterocycles. The molecule has 0 spiro atoms. The molecule has 0 saturated carbocycles. The van der Waals surface area contributed by atoms with E-state index >= 15 is 0 Å². The summed E-state index contributed by atoms with van der Waals surface area (Å²) in [5, 5.41) is 15.6. The minimum atomic E-state index is -0.838. The summed E-state index contributed by atoms with van der Waals surface area (Å²) in [5.74, 6) is 0.132. The molecule has 0 atom stereocenters. The number of hydrogen-bond acceptors (Lipinski definition) is 4. The molecule has 6 nitrogen and oxygen atoms in total. The zero-order chi connectivity index (χ0) is 15.8. The first-order valence-electron chi connectivity index (χ1n) is 7.08. The van der Waals surface area contributed by atoms with Crippen molar-refractivity contribution < 1.29 is 14.7 Å². The van der Waals surface area contributed by atoms with Gasteiger partial charge in [0.25, 0.3) is 5.91 Å². The van der Waals surface area contributed by atoms with Gasteiger partial charge in [-0.3, -0.25) is 14.3 Å². The highest BCUT2D eigenvalue weighted by molar-refractivity contribution is 7.99. The van der Waals surface area contributed by atoms with Crippen molar-refractivity contribution in [1.82, 2.24) is 15.1 Å². The second-order valence-electron chi connectivity index (χ2n) is 5.14. The first kappa shape index (κ1) is 17.6. The van der Waals surface area contributed by atoms with Crippen LogP contribution in [0.4, 0.5) is 0 Å². The zero-order valence-electron chi connectivity index (χ0n) is 12.8. The van der Waals surface area contributed by atoms with Crippen LogP contribution in [0.5, 0.6) is 0 Å². The van der Waals surface area contributed by atoms with Gasteiger partial charge >= 0.3 is 5.97 Å². The summed E-state index contributed by atoms with van der Waals surface area (Å²) in [6.45, 7) is 7.48. The quantitative estimate of drug-likeness (QED) is 0.677. The minimum absolute atomic E-state index is 0.0579. The van der Waals surface area contributed by atoms with Crippen LogP contribution in [0.3, 0.4) is 0 Å². The van der Waals surface area contributed by atoms with Crippen molar-refractivity contribution in [2.75, 3.05) is 18.1 Å². The normalized spacial score (nSPS) is 10.9. The van der Waals surface area contributed by atoms with E-state index in [1.54, 1.807) is 6.20 Å². The lowest BCUT2D eigenvalue weighted by Crippen LogP contribution is -2.27. The Kier molecular flexibility index (Phi) is 7.28. The van der Waals surface area contributed by atoms with E-state index in [2.05, 4.69) is 24.3 Å². The number of carboxylic acid groups (broad SMARTS) is 1. The van der Waals surface area contributed by atoms with Crippen LogP contribution in [0.25, 0.3) is 0 Å². The number of nitrogens with zero attached hydrogens (tertiary/aromatic N) is 2. The van der Waals surface area contributed by atoms with Gasteiger partial charge in [-0.15, -0.1) is 11.8 Å². The summed E-state index contributed by atoms with van der Waals surface area (Å²) in [6, 6.07) is 0. The van der Waals surface area contributed by atoms with E-state index in [-0.39, 0.29) is 11.7 Å². The SMILES string of the molecule is CCc1c(C(=O)NCCSCC(=O)O)cnn1CC(C)C. The number of aromatic nitrogens is 2. The van der Waals surface area contributed by atoms with Gasteiger partial charge in [0, 0.05) is 18.8 Å². The highest BCUT2D eigenvalue weighted by Gasteiger charge is 2.16. The van der Waals surface area contributed by atoms with E-state index < -0.39 is 5.97 Å². The van der Waals surface area contributed by atoms with Gasteiger partial charge in [0.15, 0.2) is 0 Å². The van der Waals surface area contributed by atoms with Crippen molar-refractivity contribution in [2.45, 2.75) is 33.7 Å². The molecule has 118 valence electrons. The second-order valence-corrected chi connectivity index (χ2v) is 6.24. The summed E-state index contributed by atoms with van der Waals surface area (Å²) in [7, 11) is 0. The van der Waals surface area contributed by atoms with E-state index in [1.165, 1.54) is 11.8 Å². The fraction of sp³-hybridized carbons (Fsp3) is 0.643. The predicted octanol–water partition coefficient (Wildman–Crippen LogP) is 1.65. The highest BCUT2D eigenvalue weighted by atomic mass is 32.2. The summed E-state index contributed by atoms with van der Waals surface area (Å²) in [6.07, 6.45) is 2.37. The average molecular weight is 313 g/mol. The van der Waals surface area contributed by atoms with E-state index in [0.29, 0.717) is 23.8 Å². The Morgan fingerprint density at radius 1 is 1.48 bits per heavy atom. The van der Waals surface area contributed by atoms with E-state index in [9.17, 15) is 9.59 Å². The molecule has 2 N–H and O–H groups in total. The molecule has 0 aromatic carbocycles. The molecule has 0 unspecified atom stereocenters. The van der Waals surface area contributed by atoms with E-state index in [4.69, 9.17) is 5.11 Å². The maximum Gasteiger partial charge on any atom is 0.313 e. The summed E-state index contributed by atoms with van der Waals surface area (Å²) in [4.78, 5) is 22.5. The molecule has 0 bridgehead atoms. The van der Waals surface area contributed by atoms with Crippen LogP contribution in [0.15, 0.2) is 6.20 Å². The Balaban J connectivity index is 2.54. The summed E-state index contributed by atoms with van der Waals surface area (Å²) in [5.41, 5.74) is 1.56. The van der Waals surface area contributed by atoms with Crippen LogP contribution in [0.2, 0.25) is 0 Å². The number of carbonyl (C=O) groups is 2. The number of nitrogens with one attached hydrogen (secondary N) is 1. The first-order chi connectivity index (χ1) is 9.95. The smallest absolute Gasteiger partial charge is 0.313 e. The largest absolute Gasteiger partial charge is 0.481 e. The molecule has 0 fully saturated rings. The third-order valence-electron chi connectivity index (χ3n) is 2.82. The molecular formula is C14H23N3O3S. The maximum atomic E-state index is 12.1. The number of aliphatic carboxylic acids is 1. The molecule has 1 aromatic rings. The predicted molar refractivity (Wildman–Crippen MR) is 83.7 cm³/mol. The van der Waals surface area contributed by atoms with Gasteiger partial charge in [-0.05, 0) is 12.3 Å². The maximum absolute atomic E-state index is 12.1. The Labute approximate surface area is 129 Å². The number of carbonyl (C=O) groups excluding carboxylic acids is 1. The molecule has 1 amide bonds. The van der Waals surface area contributed by atoms with Crippen LogP contribution >= 0.6 is 11.8 Å². The molecule has 21 heavy (non-hydrogen) atoms. The second kappa shape index (κ2) is 8.71. The van der Waals surface area contributed by atoms with Gasteiger partial charge in [-0.1, -0.05) is 20.8 Å². The molecular weight excluding hydrogens is 290 g/mol. The fourth-order valence-electron chi connectivity index (χ4n) is 1.97. The van der Waals surface area contributed by atoms with Gasteiger partial charge in [0.1, 0.15) is 0 Å². The van der Waals surface area contributed by atoms with Crippen LogP contribution < -0.4 is 5.32 Å². The topological polar surface area (TPSA) is 84.2 Å². The molecule has 1 aromatic heterocycles. The number of hydrogen-bond donors (Lipinski definition) is 2. The average Bonchev–Trinajstić information content (AvgIpc) is 2.79. The lowest BCUT2D eigenvalue weighted by Gasteiger charge is -2.10. The molecule has 0 saturated heterocycles. The zero-order valence-corrected chi connectivity index (χ0v) is 13.6. The highest BCUT2D eigenvalue weighted by Crippen LogP contribution is 2.12. The van der Waals surface area contributed by atoms with Crippen molar-refractivity contribution in [3.8, 4) is 0 Å². The molecule has 0 aliphatic rings. The number of thioether (sulfide) groups is 1. The summed E-state index contributed by atoms with van der Waals surface area (Å²) >= 11 is 1.29. The number of amides is 1. The summed E-state index contributed by atoms with van der Waals surface area (Å²) < 4.78 is 1.89. The molecule has 1 heterocycles. The van der Waals surface area contributed by atoms with Gasteiger partial charge < -0.3 is 10.4 Å². The Bertz CT molecular complexity index is 486. The fourth-order valence-corrected chi connectivity index (χ4v) is 2.53. The molecule has 0 radical (unpaired) electrons. The minimum Gasteiger partial charge on any atom is -0.481 e. The van der Waals surface area contributed by atoms with Gasteiger partial charge in [-0.25, -0.2) is 0 Å². The molecule has 7 heteroatoms. The monoisotopic (exact) mass is 313 g/mol. The van der Waals surface area contributed by atoms with Crippen molar-refractivity contribution in [3.63, 3.8) is 0 Å². The van der Waals surface area contributed by atoms with E-state index in [0.717, 1.165) is 18.7 Å². The van der Waals surface area contributed by atoms with Gasteiger partial charge in [0.05, 0.1) is 23.2 Å². The Hall–Kier alpha value is -1.50. The van der Waals surface area contributed by atoms with Crippen LogP contribution in [0.1, 0.15) is 36.8 Å². The van der Waals surface area contributed by atoms with Gasteiger partial charge in [0.2, 0.25) is 0 Å². The number of carboxylic acids is 1. The molecule has 1 rings (SSSR count). The van der Waals surface area contributed by atoms with Crippen LogP contribution in [0, 0.1) is 5.92 Å². The van der Waals surface area contributed by atoms with Crippen LogP contribution in [-0.4, -0.2) is 44.8 Å². The Morgan fingerprint density at radius 3 is 2.76 bits per heavy atom.